The Balaban J connectivity index is 2.04. The molecule has 1 aliphatic rings. The Morgan fingerprint density at radius 2 is 2.14 bits per heavy atom. The lowest BCUT2D eigenvalue weighted by atomic mass is 10.0. The summed E-state index contributed by atoms with van der Waals surface area (Å²) in [5.41, 5.74) is 0.0719. The van der Waals surface area contributed by atoms with E-state index in [-0.39, 0.29) is 0 Å². The lowest BCUT2D eigenvalue weighted by Gasteiger charge is -2.33. The molecular weight excluding hydrogens is 282 g/mol. The number of ether oxygens (including phenoxy) is 1. The predicted octanol–water partition coefficient (Wildman–Crippen LogP) is 1.15. The third kappa shape index (κ3) is 3.39. The van der Waals surface area contributed by atoms with Crippen molar-refractivity contribution in [3.63, 3.8) is 0 Å². The molecule has 0 radical (unpaired) electrons. The average molecular weight is 305 g/mol. The molecule has 0 bridgehead atoms. The monoisotopic (exact) mass is 305 g/mol. The first-order valence-corrected chi connectivity index (χ1v) is 7.37. The second kappa shape index (κ2) is 6.36. The van der Waals surface area contributed by atoms with Crippen molar-refractivity contribution in [3.8, 4) is 5.75 Å². The molecular formula is C16H23N3O3. The summed E-state index contributed by atoms with van der Waals surface area (Å²) >= 11 is 0. The summed E-state index contributed by atoms with van der Waals surface area (Å²) in [5.74, 6) is -0.359. The molecule has 1 heterocycles. The standard InChI is InChI=1S/C16H23N3O3/c1-11-6-7-13-12(10-11)18-15(21)16(2,22-13)14(20)17-8-5-9-19(3)4/h6-7,10H,5,8-9H2,1-4H3,(H,17,20)(H,18,21)/t16-/m0/s1. The van der Waals surface area contributed by atoms with Gasteiger partial charge in [0, 0.05) is 6.54 Å². The lowest BCUT2D eigenvalue weighted by molar-refractivity contribution is -0.146. The molecule has 0 unspecified atom stereocenters. The highest BCUT2D eigenvalue weighted by Gasteiger charge is 2.47. The molecule has 2 amide bonds. The molecule has 2 N–H and O–H groups in total. The van der Waals surface area contributed by atoms with E-state index >= 15 is 0 Å². The summed E-state index contributed by atoms with van der Waals surface area (Å²) in [5, 5.41) is 5.52. The summed E-state index contributed by atoms with van der Waals surface area (Å²) in [4.78, 5) is 26.6. The quantitative estimate of drug-likeness (QED) is 0.632. The second-order valence-electron chi connectivity index (χ2n) is 6.00. The van der Waals surface area contributed by atoms with Crippen LogP contribution in [0.4, 0.5) is 5.69 Å². The molecule has 0 fully saturated rings. The van der Waals surface area contributed by atoms with Gasteiger partial charge in [-0.15, -0.1) is 0 Å². The maximum absolute atomic E-state index is 12.3. The zero-order valence-electron chi connectivity index (χ0n) is 13.5. The molecule has 1 aliphatic heterocycles. The van der Waals surface area contributed by atoms with Crippen LogP contribution in [0.1, 0.15) is 18.9 Å². The molecule has 0 aliphatic carbocycles. The van der Waals surface area contributed by atoms with Gasteiger partial charge < -0.3 is 20.3 Å². The van der Waals surface area contributed by atoms with Gasteiger partial charge in [0.05, 0.1) is 5.69 Å². The van der Waals surface area contributed by atoms with Gasteiger partial charge in [0.15, 0.2) is 0 Å². The van der Waals surface area contributed by atoms with Crippen molar-refractivity contribution >= 4 is 17.5 Å². The maximum Gasteiger partial charge on any atom is 0.278 e. The van der Waals surface area contributed by atoms with E-state index in [0.29, 0.717) is 18.0 Å². The van der Waals surface area contributed by atoms with E-state index in [1.807, 2.05) is 38.1 Å². The number of rotatable bonds is 5. The van der Waals surface area contributed by atoms with Gasteiger partial charge in [-0.25, -0.2) is 0 Å². The number of hydrogen-bond donors (Lipinski definition) is 2. The third-order valence-electron chi connectivity index (χ3n) is 3.63. The first kappa shape index (κ1) is 16.3. The van der Waals surface area contributed by atoms with Crippen molar-refractivity contribution in [2.24, 2.45) is 0 Å². The van der Waals surface area contributed by atoms with Crippen LogP contribution < -0.4 is 15.4 Å². The van der Waals surface area contributed by atoms with E-state index < -0.39 is 17.4 Å². The minimum absolute atomic E-state index is 0.421. The van der Waals surface area contributed by atoms with E-state index in [1.165, 1.54) is 6.92 Å². The number of hydrogen-bond acceptors (Lipinski definition) is 4. The van der Waals surface area contributed by atoms with Gasteiger partial charge in [-0.2, -0.15) is 0 Å². The third-order valence-corrected chi connectivity index (χ3v) is 3.63. The number of nitrogens with zero attached hydrogens (tertiary/aromatic N) is 1. The molecule has 0 saturated carbocycles. The molecule has 2 rings (SSSR count). The highest BCUT2D eigenvalue weighted by atomic mass is 16.5. The molecule has 1 atom stereocenters. The zero-order chi connectivity index (χ0) is 16.3. The van der Waals surface area contributed by atoms with Crippen LogP contribution in [0.5, 0.6) is 5.75 Å². The van der Waals surface area contributed by atoms with Crippen molar-refractivity contribution < 1.29 is 14.3 Å². The van der Waals surface area contributed by atoms with E-state index in [1.54, 1.807) is 6.07 Å². The van der Waals surface area contributed by atoms with Crippen molar-refractivity contribution in [1.29, 1.82) is 0 Å². The first-order chi connectivity index (χ1) is 10.3. The Hall–Kier alpha value is -2.08. The number of nitrogens with one attached hydrogen (secondary N) is 2. The van der Waals surface area contributed by atoms with Crippen molar-refractivity contribution in [2.75, 3.05) is 32.5 Å². The maximum atomic E-state index is 12.3. The van der Waals surface area contributed by atoms with Gasteiger partial charge in [0.1, 0.15) is 5.75 Å². The molecule has 0 aromatic heterocycles. The molecule has 0 saturated heterocycles. The first-order valence-electron chi connectivity index (χ1n) is 7.37. The predicted molar refractivity (Wildman–Crippen MR) is 85.0 cm³/mol. The summed E-state index contributed by atoms with van der Waals surface area (Å²) in [6.45, 7) is 4.79. The average Bonchev–Trinajstić information content (AvgIpc) is 2.45. The number of anilines is 1. The minimum Gasteiger partial charge on any atom is -0.466 e. The Morgan fingerprint density at radius 1 is 1.41 bits per heavy atom. The normalized spacial score (nSPS) is 20.1. The van der Waals surface area contributed by atoms with Gasteiger partial charge in [-0.05, 0) is 58.6 Å². The molecule has 0 spiro atoms. The minimum atomic E-state index is -1.54. The SMILES string of the molecule is Cc1ccc2c(c1)NC(=O)[C@](C)(C(=O)NCCCN(C)C)O2. The van der Waals surface area contributed by atoms with Crippen LogP contribution in [0.3, 0.4) is 0 Å². The number of carbonyl (C=O) groups is 2. The zero-order valence-corrected chi connectivity index (χ0v) is 13.5. The van der Waals surface area contributed by atoms with Crippen LogP contribution in [0.25, 0.3) is 0 Å². The van der Waals surface area contributed by atoms with Gasteiger partial charge in [-0.3, -0.25) is 9.59 Å². The molecule has 120 valence electrons. The number of aryl methyl sites for hydroxylation is 1. The largest absolute Gasteiger partial charge is 0.466 e. The van der Waals surface area contributed by atoms with E-state index in [4.69, 9.17) is 4.74 Å². The fourth-order valence-electron chi connectivity index (χ4n) is 2.25. The van der Waals surface area contributed by atoms with E-state index in [0.717, 1.165) is 18.5 Å². The fourth-order valence-corrected chi connectivity index (χ4v) is 2.25. The van der Waals surface area contributed by atoms with Crippen LogP contribution in [-0.4, -0.2) is 49.5 Å². The Labute approximate surface area is 130 Å². The van der Waals surface area contributed by atoms with Crippen molar-refractivity contribution in [3.05, 3.63) is 23.8 Å². The van der Waals surface area contributed by atoms with Gasteiger partial charge >= 0.3 is 0 Å². The second-order valence-corrected chi connectivity index (χ2v) is 6.00. The lowest BCUT2D eigenvalue weighted by Crippen LogP contribution is -2.58. The molecule has 6 nitrogen and oxygen atoms in total. The highest BCUT2D eigenvalue weighted by molar-refractivity contribution is 6.15. The summed E-state index contributed by atoms with van der Waals surface area (Å²) in [6, 6.07) is 5.47. The number of benzene rings is 1. The number of amides is 2. The molecule has 22 heavy (non-hydrogen) atoms. The van der Waals surface area contributed by atoms with Gasteiger partial charge in [0.2, 0.25) is 0 Å². The van der Waals surface area contributed by atoms with Crippen LogP contribution >= 0.6 is 0 Å². The molecule has 6 heteroatoms. The number of fused-ring (bicyclic) bond motifs is 1. The van der Waals surface area contributed by atoms with E-state index in [9.17, 15) is 9.59 Å². The van der Waals surface area contributed by atoms with Gasteiger partial charge in [-0.1, -0.05) is 6.07 Å². The topological polar surface area (TPSA) is 70.7 Å². The Morgan fingerprint density at radius 3 is 2.82 bits per heavy atom. The summed E-state index contributed by atoms with van der Waals surface area (Å²) < 4.78 is 5.69. The molecule has 1 aromatic rings. The van der Waals surface area contributed by atoms with Crippen LogP contribution in [0.2, 0.25) is 0 Å². The van der Waals surface area contributed by atoms with Crippen molar-refractivity contribution in [2.45, 2.75) is 25.9 Å². The summed E-state index contributed by atoms with van der Waals surface area (Å²) in [7, 11) is 3.94. The smallest absolute Gasteiger partial charge is 0.278 e. The van der Waals surface area contributed by atoms with Crippen LogP contribution in [0, 0.1) is 6.92 Å². The Bertz CT molecular complexity index is 586. The Kier molecular flexibility index (Phi) is 4.71. The fraction of sp³-hybridized carbons (Fsp3) is 0.500. The van der Waals surface area contributed by atoms with Crippen LogP contribution in [-0.2, 0) is 9.59 Å². The molecule has 1 aromatic carbocycles. The number of carbonyl (C=O) groups excluding carboxylic acids is 2. The highest BCUT2D eigenvalue weighted by Crippen LogP contribution is 2.34. The van der Waals surface area contributed by atoms with Crippen LogP contribution in [0.15, 0.2) is 18.2 Å². The van der Waals surface area contributed by atoms with E-state index in [2.05, 4.69) is 10.6 Å². The summed E-state index contributed by atoms with van der Waals surface area (Å²) in [6.07, 6.45) is 0.812. The van der Waals surface area contributed by atoms with Crippen molar-refractivity contribution in [1.82, 2.24) is 10.2 Å². The van der Waals surface area contributed by atoms with Gasteiger partial charge in [0.25, 0.3) is 17.4 Å².